The van der Waals surface area contributed by atoms with Crippen molar-refractivity contribution < 1.29 is 19.4 Å². The molecule has 1 N–H and O–H groups in total. The summed E-state index contributed by atoms with van der Waals surface area (Å²) in [4.78, 5) is 11.3. The Morgan fingerprint density at radius 2 is 2.07 bits per heavy atom. The van der Waals surface area contributed by atoms with Crippen molar-refractivity contribution in [2.24, 2.45) is 0 Å². The summed E-state index contributed by atoms with van der Waals surface area (Å²) < 4.78 is 10.0. The van der Waals surface area contributed by atoms with Crippen LogP contribution in [0.5, 0.6) is 0 Å². The first kappa shape index (κ1) is 13.4. The lowest BCUT2D eigenvalue weighted by Crippen LogP contribution is -2.36. The van der Waals surface area contributed by atoms with Gasteiger partial charge in [-0.1, -0.05) is 13.3 Å². The van der Waals surface area contributed by atoms with Crippen LogP contribution in [0.1, 0.15) is 33.6 Å². The highest BCUT2D eigenvalue weighted by atomic mass is 16.6. The Bertz CT molecular complexity index is 156. The normalized spacial score (nSPS) is 14.9. The third-order valence-corrected chi connectivity index (χ3v) is 1.76. The standard InChI is InChI=1S/C10H20O4/c1-4-6-7-14-10(12)9(8(3)11)13-5-2/h8-9,11H,4-7H2,1-3H3. The molecule has 0 bridgehead atoms. The van der Waals surface area contributed by atoms with Gasteiger partial charge in [0.1, 0.15) is 0 Å². The van der Waals surface area contributed by atoms with Crippen LogP contribution in [0.25, 0.3) is 0 Å². The van der Waals surface area contributed by atoms with Crippen molar-refractivity contribution in [1.82, 2.24) is 0 Å². The predicted octanol–water partition coefficient (Wildman–Crippen LogP) is 1.12. The van der Waals surface area contributed by atoms with Crippen LogP contribution in [0.3, 0.4) is 0 Å². The Morgan fingerprint density at radius 3 is 2.50 bits per heavy atom. The van der Waals surface area contributed by atoms with E-state index in [4.69, 9.17) is 9.47 Å². The molecule has 14 heavy (non-hydrogen) atoms. The molecule has 0 aromatic rings. The summed E-state index contributed by atoms with van der Waals surface area (Å²) in [5, 5.41) is 9.24. The smallest absolute Gasteiger partial charge is 0.337 e. The van der Waals surface area contributed by atoms with E-state index in [9.17, 15) is 9.90 Å². The van der Waals surface area contributed by atoms with E-state index in [2.05, 4.69) is 0 Å². The van der Waals surface area contributed by atoms with Gasteiger partial charge >= 0.3 is 5.97 Å². The predicted molar refractivity (Wildman–Crippen MR) is 53.0 cm³/mol. The van der Waals surface area contributed by atoms with Gasteiger partial charge in [0.2, 0.25) is 0 Å². The van der Waals surface area contributed by atoms with Gasteiger partial charge in [-0.3, -0.25) is 0 Å². The molecular formula is C10H20O4. The van der Waals surface area contributed by atoms with E-state index >= 15 is 0 Å². The molecule has 2 atom stereocenters. The third kappa shape index (κ3) is 5.19. The largest absolute Gasteiger partial charge is 0.464 e. The van der Waals surface area contributed by atoms with Gasteiger partial charge in [-0.25, -0.2) is 4.79 Å². The SMILES string of the molecule is CCCCOC(=O)C(OCC)C(C)O. The van der Waals surface area contributed by atoms with E-state index in [0.29, 0.717) is 13.2 Å². The van der Waals surface area contributed by atoms with Crippen molar-refractivity contribution in [3.05, 3.63) is 0 Å². The van der Waals surface area contributed by atoms with Crippen molar-refractivity contribution in [3.63, 3.8) is 0 Å². The topological polar surface area (TPSA) is 55.8 Å². The van der Waals surface area contributed by atoms with Crippen molar-refractivity contribution in [2.75, 3.05) is 13.2 Å². The molecule has 84 valence electrons. The van der Waals surface area contributed by atoms with Crippen LogP contribution in [-0.2, 0) is 14.3 Å². The number of rotatable bonds is 7. The lowest BCUT2D eigenvalue weighted by molar-refractivity contribution is -0.164. The van der Waals surface area contributed by atoms with Crippen LogP contribution < -0.4 is 0 Å². The molecule has 0 radical (unpaired) electrons. The average Bonchev–Trinajstić information content (AvgIpc) is 2.13. The Morgan fingerprint density at radius 1 is 1.43 bits per heavy atom. The second kappa shape index (κ2) is 7.76. The van der Waals surface area contributed by atoms with Gasteiger partial charge < -0.3 is 14.6 Å². The number of aliphatic hydroxyl groups excluding tert-OH is 1. The molecule has 4 heteroatoms. The first-order valence-corrected chi connectivity index (χ1v) is 5.09. The van der Waals surface area contributed by atoms with Gasteiger partial charge in [-0.2, -0.15) is 0 Å². The van der Waals surface area contributed by atoms with Gasteiger partial charge in [0, 0.05) is 6.61 Å². The molecule has 4 nitrogen and oxygen atoms in total. The maximum absolute atomic E-state index is 11.3. The minimum absolute atomic E-state index is 0.387. The second-order valence-electron chi connectivity index (χ2n) is 3.14. The molecular weight excluding hydrogens is 184 g/mol. The van der Waals surface area contributed by atoms with Crippen LogP contribution in [0.2, 0.25) is 0 Å². The summed E-state index contributed by atoms with van der Waals surface area (Å²) >= 11 is 0. The first-order valence-electron chi connectivity index (χ1n) is 5.09. The lowest BCUT2D eigenvalue weighted by Gasteiger charge is -2.18. The van der Waals surface area contributed by atoms with Crippen molar-refractivity contribution in [2.45, 2.75) is 45.8 Å². The Labute approximate surface area is 85.2 Å². The lowest BCUT2D eigenvalue weighted by atomic mass is 10.2. The van der Waals surface area contributed by atoms with Gasteiger partial charge in [-0.05, 0) is 20.3 Å². The molecule has 0 aromatic heterocycles. The Hall–Kier alpha value is -0.610. The van der Waals surface area contributed by atoms with E-state index in [1.807, 2.05) is 6.92 Å². The minimum Gasteiger partial charge on any atom is -0.464 e. The van der Waals surface area contributed by atoms with Gasteiger partial charge in [0.05, 0.1) is 12.7 Å². The zero-order valence-corrected chi connectivity index (χ0v) is 9.16. The highest BCUT2D eigenvalue weighted by molar-refractivity contribution is 5.75. The summed E-state index contributed by atoms with van der Waals surface area (Å²) in [6.07, 6.45) is 0.131. The zero-order chi connectivity index (χ0) is 11.0. The number of carbonyl (C=O) groups excluding carboxylic acids is 1. The molecule has 0 heterocycles. The maximum Gasteiger partial charge on any atom is 0.337 e. The number of aliphatic hydroxyl groups is 1. The van der Waals surface area contributed by atoms with Crippen LogP contribution in [0.4, 0.5) is 0 Å². The van der Waals surface area contributed by atoms with E-state index in [1.54, 1.807) is 6.92 Å². The number of carbonyl (C=O) groups is 1. The summed E-state index contributed by atoms with van der Waals surface area (Å²) in [7, 11) is 0. The average molecular weight is 204 g/mol. The number of esters is 1. The van der Waals surface area contributed by atoms with Gasteiger partial charge in [0.25, 0.3) is 0 Å². The molecule has 0 amide bonds. The summed E-state index contributed by atoms with van der Waals surface area (Å²) in [5.41, 5.74) is 0. The van der Waals surface area contributed by atoms with E-state index in [1.165, 1.54) is 6.92 Å². The Kier molecular flexibility index (Phi) is 7.42. The highest BCUT2D eigenvalue weighted by Gasteiger charge is 2.25. The minimum atomic E-state index is -0.850. The fourth-order valence-corrected chi connectivity index (χ4v) is 0.983. The molecule has 2 unspecified atom stereocenters. The van der Waals surface area contributed by atoms with Crippen molar-refractivity contribution >= 4 is 5.97 Å². The number of hydrogen-bond acceptors (Lipinski definition) is 4. The molecule has 0 saturated heterocycles. The van der Waals surface area contributed by atoms with E-state index in [-0.39, 0.29) is 0 Å². The number of hydrogen-bond donors (Lipinski definition) is 1. The highest BCUT2D eigenvalue weighted by Crippen LogP contribution is 2.03. The van der Waals surface area contributed by atoms with Gasteiger partial charge in [0.15, 0.2) is 6.10 Å². The fourth-order valence-electron chi connectivity index (χ4n) is 0.983. The van der Waals surface area contributed by atoms with Crippen LogP contribution in [0.15, 0.2) is 0 Å². The van der Waals surface area contributed by atoms with Crippen LogP contribution >= 0.6 is 0 Å². The maximum atomic E-state index is 11.3. The molecule has 0 aliphatic heterocycles. The molecule has 0 spiro atoms. The fraction of sp³-hybridized carbons (Fsp3) is 0.900. The quantitative estimate of drug-likeness (QED) is 0.498. The van der Waals surface area contributed by atoms with E-state index < -0.39 is 18.2 Å². The monoisotopic (exact) mass is 204 g/mol. The van der Waals surface area contributed by atoms with Crippen molar-refractivity contribution in [3.8, 4) is 0 Å². The second-order valence-corrected chi connectivity index (χ2v) is 3.14. The van der Waals surface area contributed by atoms with Crippen LogP contribution in [-0.4, -0.2) is 36.5 Å². The molecule has 0 saturated carbocycles. The van der Waals surface area contributed by atoms with Gasteiger partial charge in [-0.15, -0.1) is 0 Å². The van der Waals surface area contributed by atoms with Crippen molar-refractivity contribution in [1.29, 1.82) is 0 Å². The molecule has 0 fully saturated rings. The molecule has 0 rings (SSSR count). The molecule has 0 aliphatic rings. The first-order chi connectivity index (χ1) is 6.63. The summed E-state index contributed by atoms with van der Waals surface area (Å²) in [5.74, 6) is -0.477. The van der Waals surface area contributed by atoms with Crippen LogP contribution in [0, 0.1) is 0 Å². The van der Waals surface area contributed by atoms with E-state index in [0.717, 1.165) is 12.8 Å². The number of unbranched alkanes of at least 4 members (excludes halogenated alkanes) is 1. The zero-order valence-electron chi connectivity index (χ0n) is 9.16. The number of ether oxygens (including phenoxy) is 2. The Balaban J connectivity index is 3.89. The summed E-state index contributed by atoms with van der Waals surface area (Å²) in [6.45, 7) is 6.09. The summed E-state index contributed by atoms with van der Waals surface area (Å²) in [6, 6.07) is 0. The molecule has 0 aromatic carbocycles. The third-order valence-electron chi connectivity index (χ3n) is 1.76. The molecule has 0 aliphatic carbocycles.